The molecule has 0 heterocycles. The van der Waals surface area contributed by atoms with Gasteiger partial charge >= 0.3 is 0 Å². The number of benzene rings is 1. The van der Waals surface area contributed by atoms with Crippen molar-refractivity contribution in [2.75, 3.05) is 18.9 Å². The lowest BCUT2D eigenvalue weighted by molar-refractivity contribution is 0.0653. The summed E-state index contributed by atoms with van der Waals surface area (Å²) in [6.07, 6.45) is 0.0271. The monoisotopic (exact) mass is 287 g/mol. The molecule has 0 saturated heterocycles. The zero-order chi connectivity index (χ0) is 12.1. The molecular weight excluding hydrogens is 270 g/mol. The van der Waals surface area contributed by atoms with Gasteiger partial charge in [-0.15, -0.1) is 0 Å². The zero-order valence-electron chi connectivity index (χ0n) is 9.92. The number of halogens is 1. The van der Waals surface area contributed by atoms with E-state index in [0.29, 0.717) is 13.2 Å². The molecule has 0 aromatic heterocycles. The lowest BCUT2D eigenvalue weighted by Crippen LogP contribution is -2.19. The smallest absolute Gasteiger partial charge is 0.134 e. The third-order valence-corrected chi connectivity index (χ3v) is 2.83. The molecule has 0 saturated carbocycles. The minimum Gasteiger partial charge on any atom is -0.487 e. The Bertz CT molecular complexity index is 355. The number of rotatable bonds is 5. The molecule has 0 radical (unpaired) electrons. The predicted octanol–water partition coefficient (Wildman–Crippen LogP) is 3.14. The van der Waals surface area contributed by atoms with E-state index in [1.54, 1.807) is 0 Å². The molecule has 90 valence electrons. The molecular formula is C12H18BrNO2. The number of nitrogens with two attached hydrogens (primary N) is 1. The summed E-state index contributed by atoms with van der Waals surface area (Å²) in [5.41, 5.74) is 7.57. The Morgan fingerprint density at radius 2 is 2.12 bits per heavy atom. The van der Waals surface area contributed by atoms with Crippen molar-refractivity contribution in [3.05, 3.63) is 22.2 Å². The van der Waals surface area contributed by atoms with Crippen molar-refractivity contribution in [2.24, 2.45) is 0 Å². The van der Waals surface area contributed by atoms with Crippen LogP contribution in [0.4, 0.5) is 5.69 Å². The van der Waals surface area contributed by atoms with E-state index in [4.69, 9.17) is 15.2 Å². The van der Waals surface area contributed by atoms with Gasteiger partial charge in [-0.2, -0.15) is 0 Å². The fourth-order valence-corrected chi connectivity index (χ4v) is 1.75. The SMILES string of the molecule is CCOCC(C)Oc1cc(C)c(N)cc1Br. The number of hydrogen-bond acceptors (Lipinski definition) is 3. The molecule has 1 aromatic carbocycles. The maximum atomic E-state index is 5.79. The van der Waals surface area contributed by atoms with Crippen molar-refractivity contribution in [1.29, 1.82) is 0 Å². The van der Waals surface area contributed by atoms with E-state index in [1.807, 2.05) is 32.9 Å². The maximum Gasteiger partial charge on any atom is 0.134 e. The van der Waals surface area contributed by atoms with Crippen molar-refractivity contribution in [3.8, 4) is 5.75 Å². The number of aryl methyl sites for hydroxylation is 1. The summed E-state index contributed by atoms with van der Waals surface area (Å²) in [4.78, 5) is 0. The van der Waals surface area contributed by atoms with Crippen LogP contribution in [0.2, 0.25) is 0 Å². The van der Waals surface area contributed by atoms with Gasteiger partial charge < -0.3 is 15.2 Å². The van der Waals surface area contributed by atoms with Crippen LogP contribution in [-0.2, 0) is 4.74 Å². The molecule has 16 heavy (non-hydrogen) atoms. The Kier molecular flexibility index (Phi) is 5.09. The van der Waals surface area contributed by atoms with Crippen LogP contribution in [0.15, 0.2) is 16.6 Å². The molecule has 0 bridgehead atoms. The van der Waals surface area contributed by atoms with E-state index in [1.165, 1.54) is 0 Å². The van der Waals surface area contributed by atoms with Crippen molar-refractivity contribution in [2.45, 2.75) is 26.9 Å². The van der Waals surface area contributed by atoms with E-state index in [-0.39, 0.29) is 6.10 Å². The highest BCUT2D eigenvalue weighted by molar-refractivity contribution is 9.10. The Hall–Kier alpha value is -0.740. The molecule has 2 N–H and O–H groups in total. The van der Waals surface area contributed by atoms with Gasteiger partial charge in [-0.05, 0) is 54.4 Å². The predicted molar refractivity (Wildman–Crippen MR) is 69.9 cm³/mol. The third kappa shape index (κ3) is 3.68. The highest BCUT2D eigenvalue weighted by Crippen LogP contribution is 2.30. The molecule has 0 amide bonds. The Balaban J connectivity index is 2.69. The van der Waals surface area contributed by atoms with Crippen LogP contribution in [0.1, 0.15) is 19.4 Å². The highest BCUT2D eigenvalue weighted by Gasteiger charge is 2.09. The molecule has 0 aliphatic rings. The molecule has 1 rings (SSSR count). The second-order valence-electron chi connectivity index (χ2n) is 3.73. The molecule has 1 atom stereocenters. The van der Waals surface area contributed by atoms with E-state index in [2.05, 4.69) is 15.9 Å². The fraction of sp³-hybridized carbons (Fsp3) is 0.500. The molecule has 1 unspecified atom stereocenters. The van der Waals surface area contributed by atoms with Gasteiger partial charge in [0.2, 0.25) is 0 Å². The van der Waals surface area contributed by atoms with E-state index < -0.39 is 0 Å². The molecule has 0 aliphatic carbocycles. The normalized spacial score (nSPS) is 12.5. The first-order valence-electron chi connectivity index (χ1n) is 5.34. The highest BCUT2D eigenvalue weighted by atomic mass is 79.9. The molecule has 4 heteroatoms. The van der Waals surface area contributed by atoms with Gasteiger partial charge in [0.15, 0.2) is 0 Å². The summed E-state index contributed by atoms with van der Waals surface area (Å²) in [5.74, 6) is 0.805. The maximum absolute atomic E-state index is 5.79. The standard InChI is InChI=1S/C12H18BrNO2/c1-4-15-7-9(3)16-12-5-8(2)11(14)6-10(12)13/h5-6,9H,4,7,14H2,1-3H3. The minimum atomic E-state index is 0.0271. The first kappa shape index (κ1) is 13.3. The largest absolute Gasteiger partial charge is 0.487 e. The number of ether oxygens (including phenoxy) is 2. The van der Waals surface area contributed by atoms with Crippen LogP contribution >= 0.6 is 15.9 Å². The molecule has 0 aliphatic heterocycles. The summed E-state index contributed by atoms with van der Waals surface area (Å²) in [6.45, 7) is 7.20. The average Bonchev–Trinajstić information content (AvgIpc) is 2.23. The van der Waals surface area contributed by atoms with Crippen molar-refractivity contribution >= 4 is 21.6 Å². The Labute approximate surface area is 105 Å². The van der Waals surface area contributed by atoms with Crippen molar-refractivity contribution in [3.63, 3.8) is 0 Å². The third-order valence-electron chi connectivity index (χ3n) is 2.21. The molecule has 3 nitrogen and oxygen atoms in total. The first-order chi connectivity index (χ1) is 7.54. The summed E-state index contributed by atoms with van der Waals surface area (Å²) in [5, 5.41) is 0. The van der Waals surface area contributed by atoms with Crippen LogP contribution in [0.25, 0.3) is 0 Å². The average molecular weight is 288 g/mol. The van der Waals surface area contributed by atoms with Crippen molar-refractivity contribution in [1.82, 2.24) is 0 Å². The van der Waals surface area contributed by atoms with E-state index in [9.17, 15) is 0 Å². The summed E-state index contributed by atoms with van der Waals surface area (Å²) < 4.78 is 11.9. The summed E-state index contributed by atoms with van der Waals surface area (Å²) in [6, 6.07) is 3.79. The fourth-order valence-electron chi connectivity index (χ4n) is 1.30. The first-order valence-corrected chi connectivity index (χ1v) is 6.14. The van der Waals surface area contributed by atoms with E-state index >= 15 is 0 Å². The van der Waals surface area contributed by atoms with Gasteiger partial charge in [-0.3, -0.25) is 0 Å². The minimum absolute atomic E-state index is 0.0271. The van der Waals surface area contributed by atoms with Gasteiger partial charge in [-0.25, -0.2) is 0 Å². The topological polar surface area (TPSA) is 44.5 Å². The second kappa shape index (κ2) is 6.11. The van der Waals surface area contributed by atoms with Gasteiger partial charge in [-0.1, -0.05) is 0 Å². The van der Waals surface area contributed by atoms with Crippen LogP contribution < -0.4 is 10.5 Å². The van der Waals surface area contributed by atoms with Gasteiger partial charge in [0.25, 0.3) is 0 Å². The van der Waals surface area contributed by atoms with Crippen LogP contribution in [0.5, 0.6) is 5.75 Å². The number of nitrogen functional groups attached to an aromatic ring is 1. The molecule has 0 spiro atoms. The van der Waals surface area contributed by atoms with Gasteiger partial charge in [0.05, 0.1) is 11.1 Å². The van der Waals surface area contributed by atoms with Crippen LogP contribution in [0.3, 0.4) is 0 Å². The Morgan fingerprint density at radius 3 is 2.75 bits per heavy atom. The quantitative estimate of drug-likeness (QED) is 0.846. The molecule has 1 aromatic rings. The number of hydrogen-bond donors (Lipinski definition) is 1. The summed E-state index contributed by atoms with van der Waals surface area (Å²) in [7, 11) is 0. The van der Waals surface area contributed by atoms with Gasteiger partial charge in [0, 0.05) is 12.3 Å². The van der Waals surface area contributed by atoms with E-state index in [0.717, 1.165) is 21.5 Å². The zero-order valence-corrected chi connectivity index (χ0v) is 11.5. The second-order valence-corrected chi connectivity index (χ2v) is 4.58. The molecule has 0 fully saturated rings. The van der Waals surface area contributed by atoms with Crippen LogP contribution in [0, 0.1) is 6.92 Å². The lowest BCUT2D eigenvalue weighted by Gasteiger charge is -2.16. The van der Waals surface area contributed by atoms with Crippen LogP contribution in [-0.4, -0.2) is 19.3 Å². The van der Waals surface area contributed by atoms with Crippen molar-refractivity contribution < 1.29 is 9.47 Å². The lowest BCUT2D eigenvalue weighted by atomic mass is 10.2. The summed E-state index contributed by atoms with van der Waals surface area (Å²) >= 11 is 3.43. The van der Waals surface area contributed by atoms with Gasteiger partial charge in [0.1, 0.15) is 11.9 Å². The number of anilines is 1. The Morgan fingerprint density at radius 1 is 1.44 bits per heavy atom.